The molecule has 0 aliphatic heterocycles. The smallest absolute Gasteiger partial charge is 0.243 e. The highest BCUT2D eigenvalue weighted by Gasteiger charge is 1.97. The Bertz CT molecular complexity index is 109. The van der Waals surface area contributed by atoms with Crippen LogP contribution < -0.4 is 5.48 Å². The zero-order chi connectivity index (χ0) is 8.53. The topological polar surface area (TPSA) is 49.3 Å². The molecule has 0 saturated heterocycles. The molecule has 0 aliphatic rings. The second kappa shape index (κ2) is 7.88. The number of hydroxylamine groups is 1. The highest BCUT2D eigenvalue weighted by Crippen LogP contribution is 2.01. The first-order valence-corrected chi connectivity index (χ1v) is 4.59. The Kier molecular flexibility index (Phi) is 7.72. The number of hydrogen-bond acceptors (Lipinski definition) is 2. The van der Waals surface area contributed by atoms with Gasteiger partial charge >= 0.3 is 0 Å². The van der Waals surface area contributed by atoms with E-state index in [4.69, 9.17) is 5.21 Å². The van der Waals surface area contributed by atoms with Crippen molar-refractivity contribution in [1.82, 2.24) is 5.48 Å². The van der Waals surface area contributed by atoms with Gasteiger partial charge < -0.3 is 0 Å². The van der Waals surface area contributed by atoms with Crippen molar-refractivity contribution >= 4 is 18.5 Å². The molecule has 11 heavy (non-hydrogen) atoms. The Morgan fingerprint density at radius 1 is 1.27 bits per heavy atom. The monoisotopic (exact) mass is 178 g/mol. The van der Waals surface area contributed by atoms with Gasteiger partial charge in [-0.25, -0.2) is 5.48 Å². The summed E-state index contributed by atoms with van der Waals surface area (Å²) in [5.74, 6) is 0.731. The van der Waals surface area contributed by atoms with E-state index in [0.717, 1.165) is 31.4 Å². The number of unbranched alkanes of at least 4 members (excludes halogenated alkanes) is 3. The maximum Gasteiger partial charge on any atom is 0.243 e. The number of carbonyl (C=O) groups is 1. The number of hydrogen-bond donors (Lipinski definition) is 2. The normalized spacial score (nSPS) is 9.64. The Labute approximate surface area is 72.5 Å². The van der Waals surface area contributed by atoms with E-state index in [1.165, 1.54) is 0 Å². The van der Waals surface area contributed by atoms with E-state index in [1.54, 1.807) is 5.48 Å². The predicted molar refractivity (Wildman–Crippen MR) is 48.0 cm³/mol. The van der Waals surface area contributed by atoms with E-state index in [9.17, 15) is 4.79 Å². The number of rotatable bonds is 6. The maximum atomic E-state index is 10.5. The van der Waals surface area contributed by atoms with Gasteiger partial charge in [0.15, 0.2) is 0 Å². The van der Waals surface area contributed by atoms with Crippen molar-refractivity contribution in [1.29, 1.82) is 0 Å². The lowest BCUT2D eigenvalue weighted by Gasteiger charge is -1.97. The number of nitrogens with one attached hydrogen (secondary N) is 1. The Morgan fingerprint density at radius 3 is 2.45 bits per heavy atom. The fourth-order valence-corrected chi connectivity index (χ4v) is 1.07. The summed E-state index contributed by atoms with van der Waals surface area (Å²) >= 11 is 3.37. The molecular formula is C7H16NO2S+. The van der Waals surface area contributed by atoms with Gasteiger partial charge in [-0.05, 0) is 31.9 Å². The summed E-state index contributed by atoms with van der Waals surface area (Å²) in [6, 6.07) is 0. The molecule has 0 aromatic rings. The molecule has 1 amide bonds. The zero-order valence-electron chi connectivity index (χ0n) is 6.60. The van der Waals surface area contributed by atoms with Gasteiger partial charge in [0.25, 0.3) is 0 Å². The summed E-state index contributed by atoms with van der Waals surface area (Å²) in [5, 5.41) is 8.13. The second-order valence-electron chi connectivity index (χ2n) is 2.45. The van der Waals surface area contributed by atoms with E-state index in [-0.39, 0.29) is 5.91 Å². The largest absolute Gasteiger partial charge is 0.289 e. The molecule has 3 nitrogen and oxygen atoms in total. The van der Waals surface area contributed by atoms with Gasteiger partial charge in [0.05, 0.1) is 0 Å². The van der Waals surface area contributed by atoms with Gasteiger partial charge in [0.1, 0.15) is 5.75 Å². The minimum atomic E-state index is -0.289. The van der Waals surface area contributed by atoms with Crippen LogP contribution in [0.1, 0.15) is 32.1 Å². The van der Waals surface area contributed by atoms with Crippen LogP contribution in [0, 0.1) is 0 Å². The molecule has 0 atom stereocenters. The molecular weight excluding hydrogens is 162 g/mol. The van der Waals surface area contributed by atoms with Crippen LogP contribution in [-0.2, 0) is 17.4 Å². The summed E-state index contributed by atoms with van der Waals surface area (Å²) in [6.07, 6.45) is 4.63. The lowest BCUT2D eigenvalue weighted by molar-refractivity contribution is -0.129. The third-order valence-corrected chi connectivity index (χ3v) is 1.81. The molecule has 0 fully saturated rings. The molecule has 0 radical (unpaired) electrons. The number of amides is 1. The van der Waals surface area contributed by atoms with Gasteiger partial charge in [0, 0.05) is 6.42 Å². The average molecular weight is 178 g/mol. The van der Waals surface area contributed by atoms with Crippen molar-refractivity contribution in [2.24, 2.45) is 0 Å². The standard InChI is InChI=1S/C7H15NO2S/c9-7(8-10)5-3-1-2-4-6-11/h10-11H,1-6H2,(H,8,9)/p+1. The first-order valence-electron chi connectivity index (χ1n) is 3.88. The van der Waals surface area contributed by atoms with E-state index in [2.05, 4.69) is 12.6 Å². The van der Waals surface area contributed by atoms with Gasteiger partial charge in [-0.2, -0.15) is 0 Å². The molecule has 0 heterocycles. The average Bonchev–Trinajstić information content (AvgIpc) is 2.04. The molecule has 0 aliphatic carbocycles. The summed E-state index contributed by atoms with van der Waals surface area (Å²) in [4.78, 5) is 10.5. The summed E-state index contributed by atoms with van der Waals surface area (Å²) < 4.78 is 0. The lowest BCUT2D eigenvalue weighted by atomic mass is 10.1. The zero-order valence-corrected chi connectivity index (χ0v) is 7.60. The Hall–Kier alpha value is -0.220. The van der Waals surface area contributed by atoms with E-state index in [1.807, 2.05) is 0 Å². The molecule has 4 heteroatoms. The molecule has 0 unspecified atom stereocenters. The Balaban J connectivity index is 2.95. The second-order valence-corrected chi connectivity index (χ2v) is 2.95. The fraction of sp³-hybridized carbons (Fsp3) is 0.857. The molecule has 0 bridgehead atoms. The number of carbonyl (C=O) groups excluding carboxylic acids is 1. The molecule has 0 aromatic heterocycles. The molecule has 66 valence electrons. The summed E-state index contributed by atoms with van der Waals surface area (Å²) in [7, 11) is 0. The lowest BCUT2D eigenvalue weighted by Crippen LogP contribution is -2.17. The van der Waals surface area contributed by atoms with Crippen LogP contribution in [0.4, 0.5) is 0 Å². The highest BCUT2D eigenvalue weighted by atomic mass is 32.1. The van der Waals surface area contributed by atoms with Gasteiger partial charge in [0.2, 0.25) is 5.91 Å². The predicted octanol–water partition coefficient (Wildman–Crippen LogP) is 0.454. The van der Waals surface area contributed by atoms with Crippen molar-refractivity contribution in [2.75, 3.05) is 5.75 Å². The van der Waals surface area contributed by atoms with Crippen LogP contribution in [0.15, 0.2) is 0 Å². The van der Waals surface area contributed by atoms with Crippen LogP contribution in [0.5, 0.6) is 0 Å². The van der Waals surface area contributed by atoms with Gasteiger partial charge in [-0.15, -0.1) is 0 Å². The first-order chi connectivity index (χ1) is 5.31. The third-order valence-electron chi connectivity index (χ3n) is 1.46. The first kappa shape index (κ1) is 10.8. The summed E-state index contributed by atoms with van der Waals surface area (Å²) in [5.41, 5.74) is 1.61. The van der Waals surface area contributed by atoms with Crippen LogP contribution in [0.2, 0.25) is 0 Å². The van der Waals surface area contributed by atoms with Crippen LogP contribution in [0.25, 0.3) is 0 Å². The van der Waals surface area contributed by atoms with Crippen LogP contribution in [0.3, 0.4) is 0 Å². The molecule has 0 spiro atoms. The SMILES string of the molecule is O=C(CCCCCC[SH2+])NO. The van der Waals surface area contributed by atoms with Crippen molar-refractivity contribution in [3.8, 4) is 0 Å². The fourth-order valence-electron chi connectivity index (χ4n) is 0.820. The molecule has 0 aromatic carbocycles. The molecule has 2 N–H and O–H groups in total. The van der Waals surface area contributed by atoms with Crippen molar-refractivity contribution in [2.45, 2.75) is 32.1 Å². The van der Waals surface area contributed by atoms with Crippen molar-refractivity contribution in [3.05, 3.63) is 0 Å². The van der Waals surface area contributed by atoms with Crippen molar-refractivity contribution < 1.29 is 10.0 Å². The van der Waals surface area contributed by atoms with Crippen molar-refractivity contribution in [3.63, 3.8) is 0 Å². The van der Waals surface area contributed by atoms with E-state index < -0.39 is 0 Å². The van der Waals surface area contributed by atoms with E-state index in [0.29, 0.717) is 6.42 Å². The van der Waals surface area contributed by atoms with E-state index >= 15 is 0 Å². The highest BCUT2D eigenvalue weighted by molar-refractivity contribution is 7.58. The summed E-state index contributed by atoms with van der Waals surface area (Å²) in [6.45, 7) is 0. The third kappa shape index (κ3) is 7.68. The van der Waals surface area contributed by atoms with Gasteiger partial charge in [-0.1, -0.05) is 6.42 Å². The van der Waals surface area contributed by atoms with Gasteiger partial charge in [-0.3, -0.25) is 10.0 Å². The molecule has 0 saturated carbocycles. The minimum absolute atomic E-state index is 0.289. The minimum Gasteiger partial charge on any atom is -0.289 e. The quantitative estimate of drug-likeness (QED) is 0.268. The maximum absolute atomic E-state index is 10.5. The van der Waals surface area contributed by atoms with Crippen LogP contribution in [-0.4, -0.2) is 16.9 Å². The van der Waals surface area contributed by atoms with Crippen LogP contribution >= 0.6 is 0 Å². The Morgan fingerprint density at radius 2 is 1.91 bits per heavy atom. The molecule has 0 rings (SSSR count).